The van der Waals surface area contributed by atoms with Crippen molar-refractivity contribution in [1.82, 2.24) is 9.21 Å². The molecule has 1 aliphatic rings. The molecular weight excluding hydrogens is 484 g/mol. The number of ether oxygens (including phenoxy) is 1. The Morgan fingerprint density at radius 3 is 2.50 bits per heavy atom. The first-order valence-corrected chi connectivity index (χ1v) is 13.6. The molecule has 2 aromatic rings. The maximum atomic E-state index is 13.2. The molecule has 3 N–H and O–H groups in total. The van der Waals surface area contributed by atoms with Gasteiger partial charge in [-0.1, -0.05) is 25.1 Å². The number of urea groups is 1. The number of aliphatic hydroxyl groups excluding tert-OH is 1. The van der Waals surface area contributed by atoms with Crippen LogP contribution in [0.4, 0.5) is 16.2 Å². The number of carbonyl (C=O) groups excluding carboxylic acids is 2. The van der Waals surface area contributed by atoms with E-state index in [2.05, 4.69) is 10.6 Å². The molecule has 11 heteroatoms. The number of benzene rings is 2. The summed E-state index contributed by atoms with van der Waals surface area (Å²) in [6.45, 7) is 3.82. The lowest BCUT2D eigenvalue weighted by atomic mass is 10.0. The number of fused-ring (bicyclic) bond motifs is 1. The molecule has 0 fully saturated rings. The molecule has 1 heterocycles. The smallest absolute Gasteiger partial charge is 0.323 e. The highest BCUT2D eigenvalue weighted by Gasteiger charge is 2.32. The molecule has 196 valence electrons. The van der Waals surface area contributed by atoms with Crippen LogP contribution in [0, 0.1) is 5.92 Å². The van der Waals surface area contributed by atoms with Crippen molar-refractivity contribution in [2.75, 3.05) is 43.6 Å². The molecular formula is C25H34N4O6S. The zero-order chi connectivity index (χ0) is 26.5. The molecule has 3 rings (SSSR count). The second-order valence-corrected chi connectivity index (χ2v) is 11.3. The van der Waals surface area contributed by atoms with Crippen LogP contribution in [0.1, 0.15) is 19.4 Å². The molecule has 0 saturated carbocycles. The predicted octanol–water partition coefficient (Wildman–Crippen LogP) is 2.37. The highest BCUT2D eigenvalue weighted by atomic mass is 32.2. The van der Waals surface area contributed by atoms with Crippen molar-refractivity contribution in [3.05, 3.63) is 54.1 Å². The lowest BCUT2D eigenvalue weighted by Crippen LogP contribution is -2.48. The molecule has 0 aromatic heterocycles. The lowest BCUT2D eigenvalue weighted by molar-refractivity contribution is -0.134. The molecule has 0 aliphatic carbocycles. The molecule has 3 atom stereocenters. The average Bonchev–Trinajstić information content (AvgIpc) is 2.86. The minimum atomic E-state index is -3.45. The summed E-state index contributed by atoms with van der Waals surface area (Å²) >= 11 is 0. The molecule has 0 unspecified atom stereocenters. The Kier molecular flexibility index (Phi) is 8.93. The van der Waals surface area contributed by atoms with Gasteiger partial charge in [0, 0.05) is 36.4 Å². The van der Waals surface area contributed by atoms with Crippen LogP contribution in [-0.4, -0.2) is 79.8 Å². The number of nitrogens with zero attached hydrogens (tertiary/aromatic N) is 2. The summed E-state index contributed by atoms with van der Waals surface area (Å²) in [4.78, 5) is 27.3. The number of amides is 3. The molecule has 0 radical (unpaired) electrons. The van der Waals surface area contributed by atoms with Crippen molar-refractivity contribution in [3.63, 3.8) is 0 Å². The van der Waals surface area contributed by atoms with Crippen LogP contribution in [0.2, 0.25) is 0 Å². The van der Waals surface area contributed by atoms with Crippen molar-refractivity contribution in [3.8, 4) is 5.75 Å². The summed E-state index contributed by atoms with van der Waals surface area (Å²) in [5.74, 6) is 0.0124. The molecule has 0 spiro atoms. The first-order chi connectivity index (χ1) is 17.0. The van der Waals surface area contributed by atoms with E-state index in [1.54, 1.807) is 42.2 Å². The number of hydrogen-bond acceptors (Lipinski definition) is 6. The van der Waals surface area contributed by atoms with Crippen LogP contribution >= 0.6 is 0 Å². The van der Waals surface area contributed by atoms with Crippen molar-refractivity contribution in [1.29, 1.82) is 0 Å². The largest absolute Gasteiger partial charge is 0.488 e. The van der Waals surface area contributed by atoms with Gasteiger partial charge in [0.2, 0.25) is 15.9 Å². The first-order valence-electron chi connectivity index (χ1n) is 11.7. The number of para-hydroxylation sites is 1. The normalized spacial score (nSPS) is 19.4. The summed E-state index contributed by atoms with van der Waals surface area (Å²) in [5.41, 5.74) is 1.66. The van der Waals surface area contributed by atoms with E-state index in [-0.39, 0.29) is 31.4 Å². The zero-order valence-electron chi connectivity index (χ0n) is 21.0. The Bertz CT molecular complexity index is 1170. The molecule has 3 amide bonds. The van der Waals surface area contributed by atoms with E-state index in [4.69, 9.17) is 4.74 Å². The third-order valence-electron chi connectivity index (χ3n) is 6.21. The maximum absolute atomic E-state index is 13.2. The monoisotopic (exact) mass is 518 g/mol. The second-order valence-electron chi connectivity index (χ2n) is 9.20. The van der Waals surface area contributed by atoms with Crippen LogP contribution in [0.15, 0.2) is 48.5 Å². The van der Waals surface area contributed by atoms with Gasteiger partial charge in [-0.25, -0.2) is 17.5 Å². The number of hydrogen-bond donors (Lipinski definition) is 3. The topological polar surface area (TPSA) is 128 Å². The number of nitrogens with one attached hydrogen (secondary N) is 2. The molecule has 36 heavy (non-hydrogen) atoms. The molecule has 2 aromatic carbocycles. The number of rotatable bonds is 7. The highest BCUT2D eigenvalue weighted by Crippen LogP contribution is 2.29. The van der Waals surface area contributed by atoms with Crippen LogP contribution in [0.25, 0.3) is 0 Å². The lowest BCUT2D eigenvalue weighted by Gasteiger charge is -2.33. The number of anilines is 2. The van der Waals surface area contributed by atoms with E-state index in [1.165, 1.54) is 11.4 Å². The average molecular weight is 519 g/mol. The van der Waals surface area contributed by atoms with Gasteiger partial charge in [-0.3, -0.25) is 4.79 Å². The fraction of sp³-hybridized carbons (Fsp3) is 0.440. The molecule has 0 saturated heterocycles. The SMILES string of the molecule is C[C@H](CO)N1C[C@H](C)[C@H](CN(C)S(C)(=O)=O)Oc2ccc(NC(=O)Nc3ccccc3)cc2CC1=O. The van der Waals surface area contributed by atoms with Crippen LogP contribution in [0.5, 0.6) is 5.75 Å². The van der Waals surface area contributed by atoms with Crippen molar-refractivity contribution in [2.45, 2.75) is 32.4 Å². The van der Waals surface area contributed by atoms with Crippen molar-refractivity contribution in [2.24, 2.45) is 5.92 Å². The number of sulfonamides is 1. The fourth-order valence-electron chi connectivity index (χ4n) is 3.93. The van der Waals surface area contributed by atoms with Gasteiger partial charge in [0.15, 0.2) is 0 Å². The van der Waals surface area contributed by atoms with E-state index >= 15 is 0 Å². The van der Waals surface area contributed by atoms with E-state index in [0.29, 0.717) is 29.2 Å². The summed E-state index contributed by atoms with van der Waals surface area (Å²) in [6.07, 6.45) is 0.572. The number of carbonyl (C=O) groups is 2. The Balaban J connectivity index is 1.90. The van der Waals surface area contributed by atoms with Crippen molar-refractivity contribution < 1.29 is 27.9 Å². The zero-order valence-corrected chi connectivity index (χ0v) is 21.8. The van der Waals surface area contributed by atoms with Crippen LogP contribution in [-0.2, 0) is 21.2 Å². The minimum absolute atomic E-state index is 0.00312. The number of aliphatic hydroxyl groups is 1. The van der Waals surface area contributed by atoms with E-state index < -0.39 is 28.2 Å². The van der Waals surface area contributed by atoms with Gasteiger partial charge in [-0.05, 0) is 37.3 Å². The first kappa shape index (κ1) is 27.4. The second kappa shape index (κ2) is 11.7. The van der Waals surface area contributed by atoms with Gasteiger partial charge in [0.1, 0.15) is 11.9 Å². The molecule has 1 aliphatic heterocycles. The summed E-state index contributed by atoms with van der Waals surface area (Å²) < 4.78 is 31.6. The summed E-state index contributed by atoms with van der Waals surface area (Å²) in [6, 6.07) is 13.2. The van der Waals surface area contributed by atoms with Crippen LogP contribution < -0.4 is 15.4 Å². The minimum Gasteiger partial charge on any atom is -0.488 e. The van der Waals surface area contributed by atoms with E-state index in [9.17, 15) is 23.1 Å². The van der Waals surface area contributed by atoms with Gasteiger partial charge < -0.3 is 25.4 Å². The molecule has 0 bridgehead atoms. The van der Waals surface area contributed by atoms with E-state index in [1.807, 2.05) is 25.1 Å². The highest BCUT2D eigenvalue weighted by molar-refractivity contribution is 7.88. The van der Waals surface area contributed by atoms with Crippen molar-refractivity contribution >= 4 is 33.3 Å². The Morgan fingerprint density at radius 2 is 1.86 bits per heavy atom. The third kappa shape index (κ3) is 7.19. The number of likely N-dealkylation sites (N-methyl/N-ethyl adjacent to an activating group) is 1. The Hall–Kier alpha value is -3.15. The van der Waals surface area contributed by atoms with Gasteiger partial charge >= 0.3 is 6.03 Å². The summed E-state index contributed by atoms with van der Waals surface area (Å²) in [5, 5.41) is 15.2. The van der Waals surface area contributed by atoms with Gasteiger partial charge in [0.05, 0.1) is 31.9 Å². The predicted molar refractivity (Wildman–Crippen MR) is 139 cm³/mol. The van der Waals surface area contributed by atoms with Gasteiger partial charge in [-0.2, -0.15) is 0 Å². The van der Waals surface area contributed by atoms with Gasteiger partial charge in [-0.15, -0.1) is 0 Å². The van der Waals surface area contributed by atoms with Crippen LogP contribution in [0.3, 0.4) is 0 Å². The molecule has 10 nitrogen and oxygen atoms in total. The standard InChI is InChI=1S/C25H34N4O6S/c1-17-14-29(18(2)16-30)24(31)13-19-12-21(27-25(32)26-20-8-6-5-7-9-20)10-11-22(19)35-23(17)15-28(3)36(4,33)34/h5-12,17-18,23,30H,13-16H2,1-4H3,(H2,26,27,32)/t17-,18+,23-/m0/s1. The Labute approximate surface area is 212 Å². The van der Waals surface area contributed by atoms with E-state index in [0.717, 1.165) is 6.26 Å². The third-order valence-corrected chi connectivity index (χ3v) is 7.49. The Morgan fingerprint density at radius 1 is 1.19 bits per heavy atom. The van der Waals surface area contributed by atoms with Gasteiger partial charge in [0.25, 0.3) is 0 Å². The summed E-state index contributed by atoms with van der Waals surface area (Å²) in [7, 11) is -1.96. The fourth-order valence-corrected chi connectivity index (χ4v) is 4.35. The quantitative estimate of drug-likeness (QED) is 0.516. The maximum Gasteiger partial charge on any atom is 0.323 e.